The molecule has 0 aromatic heterocycles. The first-order valence-electron chi connectivity index (χ1n) is 8.45. The number of nitriles is 1. The fourth-order valence-corrected chi connectivity index (χ4v) is 2.53. The molecule has 25 heavy (non-hydrogen) atoms. The molecule has 0 saturated heterocycles. The second kappa shape index (κ2) is 9.48. The van der Waals surface area contributed by atoms with E-state index in [1.807, 2.05) is 68.4 Å². The molecule has 0 fully saturated rings. The van der Waals surface area contributed by atoms with Crippen LogP contribution in [0.3, 0.4) is 0 Å². The first-order valence-corrected chi connectivity index (χ1v) is 8.45. The number of ether oxygens (including phenoxy) is 2. The zero-order valence-electron chi connectivity index (χ0n) is 14.6. The molecule has 130 valence electrons. The van der Waals surface area contributed by atoms with E-state index in [0.29, 0.717) is 18.6 Å². The number of nitrogens with zero attached hydrogens (tertiary/aromatic N) is 1. The van der Waals surface area contributed by atoms with Gasteiger partial charge in [0.15, 0.2) is 0 Å². The van der Waals surface area contributed by atoms with Crippen LogP contribution in [0.5, 0.6) is 11.5 Å². The Hall–Kier alpha value is -2.80. The predicted octanol–water partition coefficient (Wildman–Crippen LogP) is 5.10. The molecule has 2 rings (SSSR count). The SMILES string of the molecule is CC(C)C(CCC#N)C(=O)OCc1cccc(Oc2ccccc2)c1. The van der Waals surface area contributed by atoms with Gasteiger partial charge in [0, 0.05) is 6.42 Å². The van der Waals surface area contributed by atoms with E-state index in [9.17, 15) is 4.79 Å². The van der Waals surface area contributed by atoms with E-state index in [2.05, 4.69) is 6.07 Å². The van der Waals surface area contributed by atoms with Crippen molar-refractivity contribution >= 4 is 5.97 Å². The molecular weight excluding hydrogens is 314 g/mol. The maximum absolute atomic E-state index is 12.3. The van der Waals surface area contributed by atoms with Gasteiger partial charge in [0.25, 0.3) is 0 Å². The Bertz CT molecular complexity index is 719. The molecule has 0 saturated carbocycles. The third kappa shape index (κ3) is 5.96. The van der Waals surface area contributed by atoms with Crippen LogP contribution in [-0.2, 0) is 16.1 Å². The summed E-state index contributed by atoms with van der Waals surface area (Å²) in [5.74, 6) is 1.11. The molecule has 2 aromatic rings. The number of hydrogen-bond donors (Lipinski definition) is 0. The molecule has 0 spiro atoms. The highest BCUT2D eigenvalue weighted by Gasteiger charge is 2.23. The molecule has 0 aliphatic heterocycles. The van der Waals surface area contributed by atoms with Gasteiger partial charge in [-0.2, -0.15) is 5.26 Å². The second-order valence-electron chi connectivity index (χ2n) is 6.22. The van der Waals surface area contributed by atoms with Crippen molar-refractivity contribution in [3.63, 3.8) is 0 Å². The molecule has 2 aromatic carbocycles. The van der Waals surface area contributed by atoms with Crippen LogP contribution in [0, 0.1) is 23.2 Å². The van der Waals surface area contributed by atoms with Crippen molar-refractivity contribution in [2.75, 3.05) is 0 Å². The summed E-state index contributed by atoms with van der Waals surface area (Å²) in [6.07, 6.45) is 0.891. The lowest BCUT2D eigenvalue weighted by Crippen LogP contribution is -2.22. The van der Waals surface area contributed by atoms with E-state index in [4.69, 9.17) is 14.7 Å². The molecule has 0 aliphatic carbocycles. The highest BCUT2D eigenvalue weighted by molar-refractivity contribution is 5.72. The van der Waals surface area contributed by atoms with Crippen molar-refractivity contribution in [2.24, 2.45) is 11.8 Å². The number of para-hydroxylation sites is 1. The molecule has 0 heterocycles. The van der Waals surface area contributed by atoms with Gasteiger partial charge in [-0.25, -0.2) is 0 Å². The van der Waals surface area contributed by atoms with E-state index in [1.54, 1.807) is 0 Å². The molecule has 0 amide bonds. The summed E-state index contributed by atoms with van der Waals surface area (Å²) in [6, 6.07) is 19.1. The van der Waals surface area contributed by atoms with E-state index < -0.39 is 0 Å². The summed E-state index contributed by atoms with van der Waals surface area (Å²) in [7, 11) is 0. The van der Waals surface area contributed by atoms with Crippen molar-refractivity contribution < 1.29 is 14.3 Å². The molecule has 1 unspecified atom stereocenters. The number of rotatable bonds is 8. The maximum atomic E-state index is 12.3. The van der Waals surface area contributed by atoms with Crippen LogP contribution in [0.25, 0.3) is 0 Å². The molecule has 0 bridgehead atoms. The molecular formula is C21H23NO3. The summed E-state index contributed by atoms with van der Waals surface area (Å²) in [5.41, 5.74) is 0.865. The highest BCUT2D eigenvalue weighted by Crippen LogP contribution is 2.23. The Labute approximate surface area is 149 Å². The fourth-order valence-electron chi connectivity index (χ4n) is 2.53. The summed E-state index contributed by atoms with van der Waals surface area (Å²) in [5, 5.41) is 8.72. The predicted molar refractivity (Wildman–Crippen MR) is 95.9 cm³/mol. The lowest BCUT2D eigenvalue weighted by molar-refractivity contribution is -0.151. The van der Waals surface area contributed by atoms with Gasteiger partial charge in [-0.05, 0) is 42.2 Å². The average molecular weight is 337 g/mol. The molecule has 0 N–H and O–H groups in total. The monoisotopic (exact) mass is 337 g/mol. The molecule has 4 heteroatoms. The van der Waals surface area contributed by atoms with Crippen molar-refractivity contribution in [3.05, 3.63) is 60.2 Å². The smallest absolute Gasteiger partial charge is 0.309 e. The van der Waals surface area contributed by atoms with Crippen LogP contribution in [-0.4, -0.2) is 5.97 Å². The Morgan fingerprint density at radius 3 is 2.48 bits per heavy atom. The number of benzene rings is 2. The van der Waals surface area contributed by atoms with Crippen LogP contribution < -0.4 is 4.74 Å². The standard InChI is InChI=1S/C21H23NO3/c1-16(2)20(12-7-13-22)21(23)24-15-17-8-6-11-19(14-17)25-18-9-4-3-5-10-18/h3-6,8-11,14,16,20H,7,12,15H2,1-2H3. The second-order valence-corrected chi connectivity index (χ2v) is 6.22. The Morgan fingerprint density at radius 2 is 1.80 bits per heavy atom. The lowest BCUT2D eigenvalue weighted by Gasteiger charge is -2.18. The zero-order valence-corrected chi connectivity index (χ0v) is 14.6. The maximum Gasteiger partial charge on any atom is 0.309 e. The largest absolute Gasteiger partial charge is 0.461 e. The van der Waals surface area contributed by atoms with Crippen LogP contribution >= 0.6 is 0 Å². The summed E-state index contributed by atoms with van der Waals surface area (Å²) >= 11 is 0. The molecule has 1 atom stereocenters. The quantitative estimate of drug-likeness (QED) is 0.629. The topological polar surface area (TPSA) is 59.3 Å². The molecule has 0 aliphatic rings. The summed E-state index contributed by atoms with van der Waals surface area (Å²) in [4.78, 5) is 12.3. The van der Waals surface area contributed by atoms with Gasteiger partial charge in [0.1, 0.15) is 18.1 Å². The third-order valence-electron chi connectivity index (χ3n) is 3.93. The van der Waals surface area contributed by atoms with Gasteiger partial charge in [0.2, 0.25) is 0 Å². The van der Waals surface area contributed by atoms with Crippen LogP contribution in [0.1, 0.15) is 32.3 Å². The summed E-state index contributed by atoms with van der Waals surface area (Å²) in [6.45, 7) is 4.13. The normalized spacial score (nSPS) is 11.6. The van der Waals surface area contributed by atoms with Gasteiger partial charge in [0.05, 0.1) is 12.0 Å². The Kier molecular flexibility index (Phi) is 7.03. The number of hydrogen-bond acceptors (Lipinski definition) is 4. The van der Waals surface area contributed by atoms with Gasteiger partial charge < -0.3 is 9.47 Å². The Balaban J connectivity index is 1.95. The summed E-state index contributed by atoms with van der Waals surface area (Å²) < 4.78 is 11.2. The molecule has 0 radical (unpaired) electrons. The first kappa shape index (κ1) is 18.5. The van der Waals surface area contributed by atoms with Crippen LogP contribution in [0.15, 0.2) is 54.6 Å². The van der Waals surface area contributed by atoms with E-state index in [-0.39, 0.29) is 24.4 Å². The minimum Gasteiger partial charge on any atom is -0.461 e. The van der Waals surface area contributed by atoms with Crippen molar-refractivity contribution in [2.45, 2.75) is 33.3 Å². The van der Waals surface area contributed by atoms with Gasteiger partial charge in [-0.1, -0.05) is 44.2 Å². The van der Waals surface area contributed by atoms with Gasteiger partial charge >= 0.3 is 5.97 Å². The fraction of sp³-hybridized carbons (Fsp3) is 0.333. The van der Waals surface area contributed by atoms with Crippen molar-refractivity contribution in [1.82, 2.24) is 0 Å². The zero-order chi connectivity index (χ0) is 18.1. The number of carbonyl (C=O) groups is 1. The van der Waals surface area contributed by atoms with Crippen molar-refractivity contribution in [1.29, 1.82) is 5.26 Å². The van der Waals surface area contributed by atoms with E-state index >= 15 is 0 Å². The van der Waals surface area contributed by atoms with Crippen LogP contribution in [0.2, 0.25) is 0 Å². The Morgan fingerprint density at radius 1 is 1.08 bits per heavy atom. The average Bonchev–Trinajstić information content (AvgIpc) is 2.61. The van der Waals surface area contributed by atoms with Gasteiger partial charge in [-0.3, -0.25) is 4.79 Å². The van der Waals surface area contributed by atoms with Crippen molar-refractivity contribution in [3.8, 4) is 17.6 Å². The van der Waals surface area contributed by atoms with E-state index in [0.717, 1.165) is 11.3 Å². The lowest BCUT2D eigenvalue weighted by atomic mass is 9.91. The third-order valence-corrected chi connectivity index (χ3v) is 3.93. The highest BCUT2D eigenvalue weighted by atomic mass is 16.5. The molecule has 4 nitrogen and oxygen atoms in total. The first-order chi connectivity index (χ1) is 12.1. The van der Waals surface area contributed by atoms with Gasteiger partial charge in [-0.15, -0.1) is 0 Å². The van der Waals surface area contributed by atoms with E-state index in [1.165, 1.54) is 0 Å². The minimum atomic E-state index is -0.250. The number of carbonyl (C=O) groups excluding carboxylic acids is 1. The van der Waals surface area contributed by atoms with Crippen LogP contribution in [0.4, 0.5) is 0 Å². The minimum absolute atomic E-state index is 0.147. The number of esters is 1.